The molecular formula is C7H4F11. The van der Waals surface area contributed by atoms with E-state index in [9.17, 15) is 48.3 Å². The van der Waals surface area contributed by atoms with Gasteiger partial charge in [0, 0.05) is 6.42 Å². The van der Waals surface area contributed by atoms with E-state index in [0.29, 0.717) is 0 Å². The van der Waals surface area contributed by atoms with Gasteiger partial charge < -0.3 is 0 Å². The van der Waals surface area contributed by atoms with Crippen LogP contribution in [0.4, 0.5) is 48.3 Å². The Morgan fingerprint density at radius 3 is 0.833 bits per heavy atom. The quantitative estimate of drug-likeness (QED) is 0.657. The molecule has 0 aliphatic carbocycles. The molecule has 0 aliphatic heterocycles. The summed E-state index contributed by atoms with van der Waals surface area (Å²) in [6, 6.07) is 0. The van der Waals surface area contributed by atoms with E-state index in [1.807, 2.05) is 6.92 Å². The van der Waals surface area contributed by atoms with Gasteiger partial charge in [0.1, 0.15) is 0 Å². The first-order chi connectivity index (χ1) is 7.56. The van der Waals surface area contributed by atoms with Crippen molar-refractivity contribution in [2.45, 2.75) is 30.9 Å². The predicted molar refractivity (Wildman–Crippen MR) is 35.5 cm³/mol. The van der Waals surface area contributed by atoms with E-state index in [1.54, 1.807) is 0 Å². The summed E-state index contributed by atoms with van der Waals surface area (Å²) in [5.74, 6) is -6.18. The molecule has 0 atom stereocenters. The van der Waals surface area contributed by atoms with Crippen molar-refractivity contribution in [2.24, 2.45) is 5.41 Å². The molecule has 11 heteroatoms. The minimum atomic E-state index is -7.27. The summed E-state index contributed by atoms with van der Waals surface area (Å²) in [6.45, 7) is 2.01. The first-order valence-corrected chi connectivity index (χ1v) is 3.93. The zero-order chi connectivity index (χ0) is 15.2. The van der Waals surface area contributed by atoms with Crippen LogP contribution in [0.1, 0.15) is 6.42 Å². The maximum absolute atomic E-state index is 12.7. The van der Waals surface area contributed by atoms with Crippen molar-refractivity contribution in [1.82, 2.24) is 0 Å². The Morgan fingerprint density at radius 2 is 0.778 bits per heavy atom. The van der Waals surface area contributed by atoms with Gasteiger partial charge in [0.2, 0.25) is 0 Å². The monoisotopic (exact) mass is 297 g/mol. The molecule has 0 saturated heterocycles. The third-order valence-corrected chi connectivity index (χ3v) is 2.14. The molecule has 0 aromatic carbocycles. The van der Waals surface area contributed by atoms with Gasteiger partial charge in [0.15, 0.2) is 0 Å². The molecule has 0 N–H and O–H groups in total. The summed E-state index contributed by atoms with van der Waals surface area (Å²) in [6.07, 6.45) is -24.3. The van der Waals surface area contributed by atoms with Gasteiger partial charge in [-0.15, -0.1) is 0 Å². The Morgan fingerprint density at radius 1 is 0.556 bits per heavy atom. The number of halogens is 11. The predicted octanol–water partition coefficient (Wildman–Crippen LogP) is 4.52. The van der Waals surface area contributed by atoms with Crippen molar-refractivity contribution in [2.75, 3.05) is 0 Å². The highest BCUT2D eigenvalue weighted by Gasteiger charge is 2.92. The van der Waals surface area contributed by atoms with Crippen LogP contribution in [0.5, 0.6) is 0 Å². The van der Waals surface area contributed by atoms with Crippen LogP contribution in [-0.2, 0) is 0 Å². The topological polar surface area (TPSA) is 0 Å². The van der Waals surface area contributed by atoms with Crippen molar-refractivity contribution < 1.29 is 48.3 Å². The van der Waals surface area contributed by atoms with Crippen molar-refractivity contribution in [3.05, 3.63) is 6.92 Å². The molecule has 0 amide bonds. The maximum atomic E-state index is 12.7. The normalized spacial score (nSPS) is 16.0. The lowest BCUT2D eigenvalue weighted by atomic mass is 9.77. The molecule has 0 rings (SSSR count). The Labute approximate surface area is 92.7 Å². The van der Waals surface area contributed by atoms with Crippen LogP contribution in [0.25, 0.3) is 0 Å². The fourth-order valence-electron chi connectivity index (χ4n) is 1.29. The van der Waals surface area contributed by atoms with Gasteiger partial charge in [-0.2, -0.15) is 39.5 Å². The van der Waals surface area contributed by atoms with Crippen LogP contribution in [0.15, 0.2) is 0 Å². The second-order valence-corrected chi connectivity index (χ2v) is 3.20. The molecule has 0 aromatic rings. The molecule has 0 saturated carbocycles. The van der Waals surface area contributed by atoms with Gasteiger partial charge in [-0.25, -0.2) is 8.78 Å². The molecule has 0 heterocycles. The first kappa shape index (κ1) is 17.2. The van der Waals surface area contributed by atoms with Crippen LogP contribution in [-0.4, -0.2) is 24.5 Å². The smallest absolute Gasteiger partial charge is 0.205 e. The Kier molecular flexibility index (Phi) is 3.94. The van der Waals surface area contributed by atoms with E-state index < -0.39 is 36.3 Å². The summed E-state index contributed by atoms with van der Waals surface area (Å²) in [7, 11) is 0. The van der Waals surface area contributed by atoms with Gasteiger partial charge in [-0.3, -0.25) is 0 Å². The molecule has 109 valence electrons. The second-order valence-electron chi connectivity index (χ2n) is 3.20. The van der Waals surface area contributed by atoms with Crippen LogP contribution in [0.2, 0.25) is 0 Å². The van der Waals surface area contributed by atoms with Crippen LogP contribution in [0.3, 0.4) is 0 Å². The molecule has 0 spiro atoms. The Balaban J connectivity index is 6.47. The average molecular weight is 297 g/mol. The molecule has 1 radical (unpaired) electrons. The standard InChI is InChI=1S/C7H4F11/c1-2-3(8,9)4(5(10,11)12,6(13,14)15)7(16,17)18/h1-2H2. The number of hydrogen-bond acceptors (Lipinski definition) is 0. The molecule has 0 fully saturated rings. The van der Waals surface area contributed by atoms with Crippen molar-refractivity contribution in [1.29, 1.82) is 0 Å². The van der Waals surface area contributed by atoms with Gasteiger partial charge in [0.05, 0.1) is 0 Å². The third-order valence-electron chi connectivity index (χ3n) is 2.14. The largest absolute Gasteiger partial charge is 0.418 e. The first-order valence-electron chi connectivity index (χ1n) is 3.93. The number of hydrogen-bond donors (Lipinski definition) is 0. The van der Waals surface area contributed by atoms with E-state index in [2.05, 4.69) is 0 Å². The summed E-state index contributed by atoms with van der Waals surface area (Å²) in [5, 5.41) is 0. The van der Waals surface area contributed by atoms with E-state index >= 15 is 0 Å². The zero-order valence-electron chi connectivity index (χ0n) is 8.07. The number of alkyl halides is 11. The lowest BCUT2D eigenvalue weighted by Crippen LogP contribution is -2.68. The Hall–Kier alpha value is -0.770. The molecule has 0 unspecified atom stereocenters. The molecule has 0 nitrogen and oxygen atoms in total. The fourth-order valence-corrected chi connectivity index (χ4v) is 1.29. The van der Waals surface area contributed by atoms with Gasteiger partial charge in [0.25, 0.3) is 5.92 Å². The summed E-state index contributed by atoms with van der Waals surface area (Å²) in [4.78, 5) is 0. The molecular weight excluding hydrogens is 293 g/mol. The van der Waals surface area contributed by atoms with E-state index in [1.165, 1.54) is 0 Å². The van der Waals surface area contributed by atoms with Crippen molar-refractivity contribution in [3.8, 4) is 0 Å². The fraction of sp³-hybridized carbons (Fsp3) is 0.857. The minimum Gasteiger partial charge on any atom is -0.205 e. The molecule has 0 bridgehead atoms. The maximum Gasteiger partial charge on any atom is 0.418 e. The van der Waals surface area contributed by atoms with E-state index in [0.717, 1.165) is 0 Å². The zero-order valence-corrected chi connectivity index (χ0v) is 8.07. The molecule has 0 aromatic heterocycles. The lowest BCUT2D eigenvalue weighted by Gasteiger charge is -2.42. The van der Waals surface area contributed by atoms with E-state index in [4.69, 9.17) is 0 Å². The van der Waals surface area contributed by atoms with Crippen LogP contribution >= 0.6 is 0 Å². The van der Waals surface area contributed by atoms with Gasteiger partial charge in [-0.05, 0) is 6.92 Å². The molecule has 0 aliphatic rings. The highest BCUT2D eigenvalue weighted by atomic mass is 19.4. The summed E-state index contributed by atoms with van der Waals surface area (Å²) < 4.78 is 134. The number of rotatable bonds is 2. The average Bonchev–Trinajstić information content (AvgIpc) is 1.94. The van der Waals surface area contributed by atoms with Crippen molar-refractivity contribution >= 4 is 0 Å². The third kappa shape index (κ3) is 2.11. The van der Waals surface area contributed by atoms with Crippen molar-refractivity contribution in [3.63, 3.8) is 0 Å². The Bertz CT molecular complexity index is 254. The minimum absolute atomic E-state index is 2.01. The van der Waals surface area contributed by atoms with Crippen LogP contribution in [0, 0.1) is 12.3 Å². The second kappa shape index (κ2) is 4.12. The SMILES string of the molecule is [CH2]CC(F)(F)C(C(F)(F)F)(C(F)(F)F)C(F)(F)F. The lowest BCUT2D eigenvalue weighted by molar-refractivity contribution is -0.474. The summed E-state index contributed by atoms with van der Waals surface area (Å²) in [5.41, 5.74) is -7.14. The van der Waals surface area contributed by atoms with Crippen LogP contribution < -0.4 is 0 Å². The summed E-state index contributed by atoms with van der Waals surface area (Å²) >= 11 is 0. The highest BCUT2D eigenvalue weighted by Crippen LogP contribution is 2.66. The molecule has 18 heavy (non-hydrogen) atoms. The van der Waals surface area contributed by atoms with E-state index in [-0.39, 0.29) is 0 Å². The highest BCUT2D eigenvalue weighted by molar-refractivity contribution is 5.08. The van der Waals surface area contributed by atoms with Gasteiger partial charge >= 0.3 is 23.9 Å². The van der Waals surface area contributed by atoms with Gasteiger partial charge in [-0.1, -0.05) is 0 Å².